The van der Waals surface area contributed by atoms with Crippen molar-refractivity contribution in [3.8, 4) is 22.8 Å². The van der Waals surface area contributed by atoms with E-state index in [-0.39, 0.29) is 18.6 Å². The Balaban J connectivity index is 1.45. The smallest absolute Gasteiger partial charge is 0.231 e. The molecule has 1 atom stereocenters. The summed E-state index contributed by atoms with van der Waals surface area (Å²) in [5.41, 5.74) is 9.82. The van der Waals surface area contributed by atoms with Crippen molar-refractivity contribution in [3.05, 3.63) is 65.9 Å². The number of primary amides is 1. The van der Waals surface area contributed by atoms with E-state index in [2.05, 4.69) is 23.2 Å². The van der Waals surface area contributed by atoms with E-state index in [0.717, 1.165) is 54.3 Å². The molecular weight excluding hydrogens is 392 g/mol. The van der Waals surface area contributed by atoms with Crippen LogP contribution in [0.25, 0.3) is 11.3 Å². The van der Waals surface area contributed by atoms with Crippen molar-refractivity contribution in [3.63, 3.8) is 0 Å². The summed E-state index contributed by atoms with van der Waals surface area (Å²) in [7, 11) is 0. The monoisotopic (exact) mass is 418 g/mol. The first-order valence-corrected chi connectivity index (χ1v) is 10.7. The van der Waals surface area contributed by atoms with E-state index in [1.165, 1.54) is 5.56 Å². The molecule has 0 aliphatic carbocycles. The van der Waals surface area contributed by atoms with Crippen LogP contribution in [0.5, 0.6) is 11.5 Å². The van der Waals surface area contributed by atoms with Crippen molar-refractivity contribution in [1.82, 2.24) is 14.7 Å². The molecule has 2 aliphatic heterocycles. The zero-order chi connectivity index (χ0) is 21.2. The fourth-order valence-electron chi connectivity index (χ4n) is 4.39. The van der Waals surface area contributed by atoms with Crippen molar-refractivity contribution in [1.29, 1.82) is 0 Å². The molecule has 1 aromatic heterocycles. The normalized spacial score (nSPS) is 18.3. The van der Waals surface area contributed by atoms with Gasteiger partial charge in [0.1, 0.15) is 0 Å². The lowest BCUT2D eigenvalue weighted by Crippen LogP contribution is -2.40. The molecule has 0 spiro atoms. The highest BCUT2D eigenvalue weighted by molar-refractivity contribution is 5.77. The minimum atomic E-state index is -0.208. The summed E-state index contributed by atoms with van der Waals surface area (Å²) >= 11 is 0. The fourth-order valence-corrected chi connectivity index (χ4v) is 4.39. The number of piperidine rings is 1. The molecule has 3 aromatic rings. The SMILES string of the molecule is NC(=O)C1CCCN(Cc2cn(Cc3ccccc3)nc2-c2ccc3c(c2)OCO3)C1. The van der Waals surface area contributed by atoms with Crippen LogP contribution < -0.4 is 15.2 Å². The van der Waals surface area contributed by atoms with Gasteiger partial charge in [0.05, 0.1) is 18.2 Å². The van der Waals surface area contributed by atoms with Crippen LogP contribution in [0.1, 0.15) is 24.0 Å². The maximum atomic E-state index is 11.7. The Morgan fingerprint density at radius 1 is 1.10 bits per heavy atom. The van der Waals surface area contributed by atoms with Crippen LogP contribution in [-0.2, 0) is 17.9 Å². The Morgan fingerprint density at radius 2 is 1.94 bits per heavy atom. The van der Waals surface area contributed by atoms with E-state index in [0.29, 0.717) is 13.1 Å². The number of ether oxygens (including phenoxy) is 2. The Kier molecular flexibility index (Phi) is 5.34. The van der Waals surface area contributed by atoms with Crippen LogP contribution in [0.15, 0.2) is 54.7 Å². The van der Waals surface area contributed by atoms with Crippen molar-refractivity contribution >= 4 is 5.91 Å². The minimum Gasteiger partial charge on any atom is -0.454 e. The topological polar surface area (TPSA) is 82.6 Å². The van der Waals surface area contributed by atoms with Crippen LogP contribution in [0, 0.1) is 5.92 Å². The number of aromatic nitrogens is 2. The number of carbonyl (C=O) groups is 1. The Labute approximate surface area is 181 Å². The number of amides is 1. The summed E-state index contributed by atoms with van der Waals surface area (Å²) in [6.07, 6.45) is 3.96. The van der Waals surface area contributed by atoms with Crippen molar-refractivity contribution in [2.75, 3.05) is 19.9 Å². The predicted molar refractivity (Wildman–Crippen MR) is 117 cm³/mol. The second-order valence-corrected chi connectivity index (χ2v) is 8.23. The second-order valence-electron chi connectivity index (χ2n) is 8.23. The number of likely N-dealkylation sites (tertiary alicyclic amines) is 1. The lowest BCUT2D eigenvalue weighted by Gasteiger charge is -2.31. The van der Waals surface area contributed by atoms with Gasteiger partial charge >= 0.3 is 0 Å². The molecular formula is C24H26N4O3. The van der Waals surface area contributed by atoms with Gasteiger partial charge in [0.25, 0.3) is 0 Å². The van der Waals surface area contributed by atoms with Gasteiger partial charge in [-0.25, -0.2) is 0 Å². The number of hydrogen-bond acceptors (Lipinski definition) is 5. The van der Waals surface area contributed by atoms with Gasteiger partial charge in [0.15, 0.2) is 11.5 Å². The molecule has 1 fully saturated rings. The summed E-state index contributed by atoms with van der Waals surface area (Å²) < 4.78 is 13.0. The molecule has 160 valence electrons. The van der Waals surface area contributed by atoms with Gasteiger partial charge in [-0.15, -0.1) is 0 Å². The van der Waals surface area contributed by atoms with E-state index in [4.69, 9.17) is 20.3 Å². The molecule has 5 rings (SSSR count). The summed E-state index contributed by atoms with van der Waals surface area (Å²) in [4.78, 5) is 14.0. The predicted octanol–water partition coefficient (Wildman–Crippen LogP) is 3.02. The van der Waals surface area contributed by atoms with Crippen LogP contribution in [0.3, 0.4) is 0 Å². The summed E-state index contributed by atoms with van der Waals surface area (Å²) in [5, 5.41) is 4.92. The first kappa shape index (κ1) is 19.6. The highest BCUT2D eigenvalue weighted by Crippen LogP contribution is 2.36. The van der Waals surface area contributed by atoms with Crippen LogP contribution in [0.2, 0.25) is 0 Å². The number of nitrogens with two attached hydrogens (primary N) is 1. The molecule has 7 heteroatoms. The van der Waals surface area contributed by atoms with Gasteiger partial charge in [-0.2, -0.15) is 5.10 Å². The van der Waals surface area contributed by atoms with Crippen LogP contribution in [-0.4, -0.2) is 40.5 Å². The zero-order valence-corrected chi connectivity index (χ0v) is 17.4. The lowest BCUT2D eigenvalue weighted by molar-refractivity contribution is -0.123. The second kappa shape index (κ2) is 8.43. The molecule has 1 unspecified atom stereocenters. The van der Waals surface area contributed by atoms with Gasteiger partial charge in [-0.3, -0.25) is 14.4 Å². The van der Waals surface area contributed by atoms with E-state index in [1.807, 2.05) is 41.1 Å². The first-order valence-electron chi connectivity index (χ1n) is 10.7. The van der Waals surface area contributed by atoms with Gasteiger partial charge in [-0.1, -0.05) is 30.3 Å². The van der Waals surface area contributed by atoms with E-state index in [1.54, 1.807) is 0 Å². The molecule has 2 aromatic carbocycles. The Morgan fingerprint density at radius 3 is 2.77 bits per heavy atom. The number of carbonyl (C=O) groups excluding carboxylic acids is 1. The molecule has 0 radical (unpaired) electrons. The molecule has 1 saturated heterocycles. The quantitative estimate of drug-likeness (QED) is 0.665. The zero-order valence-electron chi connectivity index (χ0n) is 17.4. The molecule has 7 nitrogen and oxygen atoms in total. The lowest BCUT2D eigenvalue weighted by atomic mass is 9.97. The van der Waals surface area contributed by atoms with E-state index < -0.39 is 0 Å². The third-order valence-electron chi connectivity index (χ3n) is 5.97. The van der Waals surface area contributed by atoms with Crippen LogP contribution >= 0.6 is 0 Å². The van der Waals surface area contributed by atoms with Gasteiger partial charge < -0.3 is 15.2 Å². The van der Waals surface area contributed by atoms with Crippen molar-refractivity contribution in [2.24, 2.45) is 11.7 Å². The summed E-state index contributed by atoms with van der Waals surface area (Å²) in [5.74, 6) is 1.21. The largest absolute Gasteiger partial charge is 0.454 e. The standard InChI is InChI=1S/C24H26N4O3/c25-24(29)19-7-4-10-27(13-19)14-20-15-28(12-17-5-2-1-3-6-17)26-23(20)18-8-9-21-22(11-18)31-16-30-21/h1-3,5-6,8-9,11,15,19H,4,7,10,12-14,16H2,(H2,25,29). The van der Waals surface area contributed by atoms with Gasteiger partial charge in [0.2, 0.25) is 12.7 Å². The summed E-state index contributed by atoms with van der Waals surface area (Å²) in [6, 6.07) is 16.2. The average Bonchev–Trinajstić information content (AvgIpc) is 3.41. The summed E-state index contributed by atoms with van der Waals surface area (Å²) in [6.45, 7) is 3.31. The number of hydrogen-bond donors (Lipinski definition) is 1. The minimum absolute atomic E-state index is 0.0814. The molecule has 0 saturated carbocycles. The van der Waals surface area contributed by atoms with E-state index in [9.17, 15) is 4.79 Å². The average molecular weight is 418 g/mol. The van der Waals surface area contributed by atoms with Crippen molar-refractivity contribution < 1.29 is 14.3 Å². The molecule has 2 aliphatic rings. The fraction of sp³-hybridized carbons (Fsp3) is 0.333. The third-order valence-corrected chi connectivity index (χ3v) is 5.97. The number of benzene rings is 2. The Hall–Kier alpha value is -3.32. The van der Waals surface area contributed by atoms with Gasteiger partial charge in [0, 0.05) is 30.4 Å². The molecule has 2 N–H and O–H groups in total. The highest BCUT2D eigenvalue weighted by atomic mass is 16.7. The number of fused-ring (bicyclic) bond motifs is 1. The Bertz CT molecular complexity index is 1080. The van der Waals surface area contributed by atoms with Crippen molar-refractivity contribution in [2.45, 2.75) is 25.9 Å². The highest BCUT2D eigenvalue weighted by Gasteiger charge is 2.26. The molecule has 3 heterocycles. The first-order chi connectivity index (χ1) is 15.2. The molecule has 0 bridgehead atoms. The number of nitrogens with zero attached hydrogens (tertiary/aromatic N) is 3. The van der Waals surface area contributed by atoms with E-state index >= 15 is 0 Å². The third kappa shape index (κ3) is 4.27. The maximum Gasteiger partial charge on any atom is 0.231 e. The molecule has 1 amide bonds. The molecule has 31 heavy (non-hydrogen) atoms. The number of rotatable bonds is 6. The van der Waals surface area contributed by atoms with Crippen LogP contribution in [0.4, 0.5) is 0 Å². The maximum absolute atomic E-state index is 11.7. The van der Waals surface area contributed by atoms with Gasteiger partial charge in [-0.05, 0) is 43.1 Å².